The van der Waals surface area contributed by atoms with Crippen molar-refractivity contribution in [2.24, 2.45) is 5.41 Å². The Labute approximate surface area is 81.5 Å². The number of nitrogens with one attached hydrogen (secondary N) is 2. The first-order chi connectivity index (χ1) is 6.29. The summed E-state index contributed by atoms with van der Waals surface area (Å²) in [5.41, 5.74) is 0.636. The molecule has 0 amide bonds. The summed E-state index contributed by atoms with van der Waals surface area (Å²) in [5, 5.41) is 7.15. The van der Waals surface area contributed by atoms with Gasteiger partial charge in [-0.15, -0.1) is 0 Å². The Morgan fingerprint density at radius 1 is 1.38 bits per heavy atom. The molecule has 2 fully saturated rings. The number of rotatable bonds is 3. The summed E-state index contributed by atoms with van der Waals surface area (Å²) in [5.74, 6) is 0. The second-order valence-electron chi connectivity index (χ2n) is 5.09. The van der Waals surface area contributed by atoms with E-state index in [-0.39, 0.29) is 0 Å². The Balaban J connectivity index is 1.66. The van der Waals surface area contributed by atoms with Gasteiger partial charge in [0.25, 0.3) is 0 Å². The lowest BCUT2D eigenvalue weighted by atomic mass is 9.70. The minimum absolute atomic E-state index is 0.636. The van der Waals surface area contributed by atoms with Gasteiger partial charge in [0.15, 0.2) is 0 Å². The van der Waals surface area contributed by atoms with Crippen LogP contribution in [0.15, 0.2) is 0 Å². The minimum Gasteiger partial charge on any atom is -0.315 e. The maximum Gasteiger partial charge on any atom is 0.0193 e. The van der Waals surface area contributed by atoms with Crippen LogP contribution in [0.25, 0.3) is 0 Å². The normalized spacial score (nSPS) is 32.5. The van der Waals surface area contributed by atoms with E-state index in [9.17, 15) is 0 Å². The summed E-state index contributed by atoms with van der Waals surface area (Å²) in [6.45, 7) is 6.05. The zero-order valence-electron chi connectivity index (χ0n) is 8.73. The fourth-order valence-electron chi connectivity index (χ4n) is 2.37. The van der Waals surface area contributed by atoms with Crippen LogP contribution in [0.3, 0.4) is 0 Å². The van der Waals surface area contributed by atoms with Crippen molar-refractivity contribution in [1.29, 1.82) is 0 Å². The Hall–Kier alpha value is -0.0800. The molecule has 76 valence electrons. The molecule has 0 radical (unpaired) electrons. The van der Waals surface area contributed by atoms with Crippen molar-refractivity contribution in [3.63, 3.8) is 0 Å². The topological polar surface area (TPSA) is 24.1 Å². The van der Waals surface area contributed by atoms with E-state index in [1.807, 2.05) is 0 Å². The van der Waals surface area contributed by atoms with Crippen LogP contribution in [0.2, 0.25) is 0 Å². The maximum absolute atomic E-state index is 3.70. The van der Waals surface area contributed by atoms with E-state index in [4.69, 9.17) is 0 Å². The summed E-state index contributed by atoms with van der Waals surface area (Å²) in [6.07, 6.45) is 7.01. The van der Waals surface area contributed by atoms with Crippen LogP contribution in [0.5, 0.6) is 0 Å². The van der Waals surface area contributed by atoms with Crippen LogP contribution >= 0.6 is 0 Å². The quantitative estimate of drug-likeness (QED) is 0.691. The lowest BCUT2D eigenvalue weighted by Crippen LogP contribution is -2.48. The third-order valence-electron chi connectivity index (χ3n) is 3.68. The van der Waals surface area contributed by atoms with Crippen LogP contribution in [0.1, 0.15) is 39.0 Å². The second-order valence-corrected chi connectivity index (χ2v) is 5.09. The van der Waals surface area contributed by atoms with Crippen molar-refractivity contribution in [1.82, 2.24) is 10.6 Å². The van der Waals surface area contributed by atoms with Crippen molar-refractivity contribution < 1.29 is 0 Å². The van der Waals surface area contributed by atoms with Crippen LogP contribution < -0.4 is 10.6 Å². The smallest absolute Gasteiger partial charge is 0.0193 e. The van der Waals surface area contributed by atoms with Crippen LogP contribution in [-0.2, 0) is 0 Å². The van der Waals surface area contributed by atoms with Gasteiger partial charge in [-0.3, -0.25) is 0 Å². The fraction of sp³-hybridized carbons (Fsp3) is 1.00. The molecule has 0 aromatic heterocycles. The summed E-state index contributed by atoms with van der Waals surface area (Å²) in [6, 6.07) is 0.742. The molecule has 2 aliphatic rings. The molecular weight excluding hydrogens is 160 g/mol. The molecule has 1 unspecified atom stereocenters. The molecule has 0 aromatic carbocycles. The zero-order chi connectivity index (χ0) is 9.15. The summed E-state index contributed by atoms with van der Waals surface area (Å²) >= 11 is 0. The molecule has 2 nitrogen and oxygen atoms in total. The summed E-state index contributed by atoms with van der Waals surface area (Å²) < 4.78 is 0. The molecule has 0 spiro atoms. The Morgan fingerprint density at radius 3 is 2.77 bits per heavy atom. The van der Waals surface area contributed by atoms with E-state index in [2.05, 4.69) is 17.6 Å². The molecule has 1 aliphatic heterocycles. The van der Waals surface area contributed by atoms with Crippen molar-refractivity contribution in [3.8, 4) is 0 Å². The largest absolute Gasteiger partial charge is 0.315 e. The van der Waals surface area contributed by atoms with Crippen molar-refractivity contribution in [3.05, 3.63) is 0 Å². The molecule has 1 saturated carbocycles. The van der Waals surface area contributed by atoms with E-state index >= 15 is 0 Å². The van der Waals surface area contributed by atoms with Gasteiger partial charge in [-0.25, -0.2) is 0 Å². The lowest BCUT2D eigenvalue weighted by molar-refractivity contribution is 0.147. The highest BCUT2D eigenvalue weighted by Crippen LogP contribution is 2.39. The van der Waals surface area contributed by atoms with Gasteiger partial charge < -0.3 is 10.6 Å². The molecule has 2 N–H and O–H groups in total. The first-order valence-corrected chi connectivity index (χ1v) is 5.73. The average Bonchev–Trinajstić information content (AvgIpc) is 2.13. The Morgan fingerprint density at radius 2 is 2.23 bits per heavy atom. The van der Waals surface area contributed by atoms with Crippen LogP contribution in [0.4, 0.5) is 0 Å². The van der Waals surface area contributed by atoms with Gasteiger partial charge in [0.1, 0.15) is 0 Å². The first kappa shape index (κ1) is 9.47. The second kappa shape index (κ2) is 3.97. The molecule has 0 bridgehead atoms. The number of hydrogen-bond donors (Lipinski definition) is 2. The van der Waals surface area contributed by atoms with E-state index in [1.54, 1.807) is 0 Å². The highest BCUT2D eigenvalue weighted by atomic mass is 15.0. The Kier molecular flexibility index (Phi) is 2.89. The average molecular weight is 182 g/mol. The molecule has 0 aromatic rings. The van der Waals surface area contributed by atoms with Crippen LogP contribution in [0, 0.1) is 5.41 Å². The third kappa shape index (κ3) is 2.44. The van der Waals surface area contributed by atoms with Gasteiger partial charge in [0, 0.05) is 19.1 Å². The molecular formula is C11H22N2. The van der Waals surface area contributed by atoms with Gasteiger partial charge in [-0.2, -0.15) is 0 Å². The number of piperidine rings is 1. The van der Waals surface area contributed by atoms with E-state index in [0.717, 1.165) is 6.04 Å². The highest BCUT2D eigenvalue weighted by Gasteiger charge is 2.31. The summed E-state index contributed by atoms with van der Waals surface area (Å²) in [7, 11) is 0. The van der Waals surface area contributed by atoms with Gasteiger partial charge >= 0.3 is 0 Å². The van der Waals surface area contributed by atoms with E-state index in [1.165, 1.54) is 51.7 Å². The van der Waals surface area contributed by atoms with Gasteiger partial charge in [-0.1, -0.05) is 13.3 Å². The molecule has 13 heavy (non-hydrogen) atoms. The van der Waals surface area contributed by atoms with Crippen molar-refractivity contribution in [2.45, 2.75) is 45.1 Å². The SMILES string of the molecule is CC1(CNC2CCCNC2)CCC1. The molecule has 1 saturated heterocycles. The van der Waals surface area contributed by atoms with Crippen molar-refractivity contribution in [2.75, 3.05) is 19.6 Å². The van der Waals surface area contributed by atoms with E-state index in [0.29, 0.717) is 5.41 Å². The molecule has 2 rings (SSSR count). The summed E-state index contributed by atoms with van der Waals surface area (Å²) in [4.78, 5) is 0. The first-order valence-electron chi connectivity index (χ1n) is 5.73. The highest BCUT2D eigenvalue weighted by molar-refractivity contribution is 4.87. The van der Waals surface area contributed by atoms with E-state index < -0.39 is 0 Å². The monoisotopic (exact) mass is 182 g/mol. The predicted molar refractivity (Wildman–Crippen MR) is 55.9 cm³/mol. The van der Waals surface area contributed by atoms with Gasteiger partial charge in [0.05, 0.1) is 0 Å². The van der Waals surface area contributed by atoms with Crippen LogP contribution in [-0.4, -0.2) is 25.7 Å². The fourth-order valence-corrected chi connectivity index (χ4v) is 2.37. The lowest BCUT2D eigenvalue weighted by Gasteiger charge is -2.40. The maximum atomic E-state index is 3.70. The molecule has 1 aliphatic carbocycles. The standard InChI is InChI=1S/C11H22N2/c1-11(5-3-6-11)9-13-10-4-2-7-12-8-10/h10,12-13H,2-9H2,1H3. The Bertz CT molecular complexity index is 157. The zero-order valence-corrected chi connectivity index (χ0v) is 8.73. The molecule has 1 atom stereocenters. The molecule has 1 heterocycles. The minimum atomic E-state index is 0.636. The van der Waals surface area contributed by atoms with Gasteiger partial charge in [-0.05, 0) is 37.6 Å². The number of hydrogen-bond acceptors (Lipinski definition) is 2. The van der Waals surface area contributed by atoms with Crippen molar-refractivity contribution >= 4 is 0 Å². The molecule has 2 heteroatoms. The third-order valence-corrected chi connectivity index (χ3v) is 3.68. The predicted octanol–water partition coefficient (Wildman–Crippen LogP) is 1.52. The van der Waals surface area contributed by atoms with Gasteiger partial charge in [0.2, 0.25) is 0 Å².